The molecule has 1 fully saturated rings. The number of aryl methyl sites for hydroxylation is 1. The van der Waals surface area contributed by atoms with Crippen LogP contribution in [-0.2, 0) is 4.79 Å². The summed E-state index contributed by atoms with van der Waals surface area (Å²) in [5.41, 5.74) is 2.19. The van der Waals surface area contributed by atoms with Gasteiger partial charge in [0.1, 0.15) is 0 Å². The molecule has 4 heteroatoms. The molecular weight excluding hydrogens is 210 g/mol. The third-order valence-electron chi connectivity index (χ3n) is 2.47. The van der Waals surface area contributed by atoms with Gasteiger partial charge in [-0.05, 0) is 19.1 Å². The molecule has 1 N–H and O–H groups in total. The van der Waals surface area contributed by atoms with E-state index in [-0.39, 0.29) is 0 Å². The molecule has 3 nitrogen and oxygen atoms in total. The highest BCUT2D eigenvalue weighted by molar-refractivity contribution is 8.01. The van der Waals surface area contributed by atoms with Crippen molar-refractivity contribution in [3.05, 3.63) is 29.8 Å². The van der Waals surface area contributed by atoms with Crippen LogP contribution in [0.15, 0.2) is 24.3 Å². The Labute approximate surface area is 93.1 Å². The number of carboxylic acids is 1. The van der Waals surface area contributed by atoms with Gasteiger partial charge in [0.05, 0.1) is 0 Å². The van der Waals surface area contributed by atoms with Crippen molar-refractivity contribution in [3.8, 4) is 0 Å². The summed E-state index contributed by atoms with van der Waals surface area (Å²) in [6.07, 6.45) is 0. The fourth-order valence-corrected chi connectivity index (χ4v) is 2.75. The van der Waals surface area contributed by atoms with Crippen LogP contribution in [0.3, 0.4) is 0 Å². The van der Waals surface area contributed by atoms with Crippen LogP contribution in [0.1, 0.15) is 5.56 Å². The van der Waals surface area contributed by atoms with Crippen molar-refractivity contribution in [2.45, 2.75) is 12.3 Å². The van der Waals surface area contributed by atoms with E-state index in [1.54, 1.807) is 0 Å². The first-order chi connectivity index (χ1) is 7.18. The van der Waals surface area contributed by atoms with Crippen LogP contribution in [0.2, 0.25) is 0 Å². The number of carbonyl (C=O) groups is 1. The van der Waals surface area contributed by atoms with E-state index < -0.39 is 11.3 Å². The molecular formula is C11H13NO2S. The number of nitrogens with zero attached hydrogens (tertiary/aromatic N) is 1. The molecule has 15 heavy (non-hydrogen) atoms. The van der Waals surface area contributed by atoms with Gasteiger partial charge < -0.3 is 10.0 Å². The number of thioether (sulfide) groups is 1. The van der Waals surface area contributed by atoms with Crippen LogP contribution < -0.4 is 4.90 Å². The Hall–Kier alpha value is -1.16. The monoisotopic (exact) mass is 223 g/mol. The number of hydrogen-bond donors (Lipinski definition) is 1. The lowest BCUT2D eigenvalue weighted by Crippen LogP contribution is -2.34. The van der Waals surface area contributed by atoms with Crippen molar-refractivity contribution in [2.75, 3.05) is 17.2 Å². The molecule has 1 saturated heterocycles. The second-order valence-electron chi connectivity index (χ2n) is 3.59. The highest BCUT2D eigenvalue weighted by atomic mass is 32.2. The zero-order chi connectivity index (χ0) is 10.8. The molecule has 1 aliphatic heterocycles. The molecule has 1 aromatic rings. The minimum Gasteiger partial charge on any atom is -0.479 e. The predicted octanol–water partition coefficient (Wildman–Crippen LogP) is 1.96. The first kappa shape index (κ1) is 10.4. The van der Waals surface area contributed by atoms with Crippen LogP contribution in [0.5, 0.6) is 0 Å². The Morgan fingerprint density at radius 3 is 2.73 bits per heavy atom. The van der Waals surface area contributed by atoms with Crippen molar-refractivity contribution in [1.82, 2.24) is 0 Å². The third-order valence-corrected chi connectivity index (χ3v) is 3.66. The number of hydrogen-bond acceptors (Lipinski definition) is 3. The maximum Gasteiger partial charge on any atom is 0.336 e. The van der Waals surface area contributed by atoms with Gasteiger partial charge in [-0.3, -0.25) is 0 Å². The minimum absolute atomic E-state index is 0.423. The Balaban J connectivity index is 2.22. The van der Waals surface area contributed by atoms with E-state index in [9.17, 15) is 4.79 Å². The van der Waals surface area contributed by atoms with Crippen molar-refractivity contribution >= 4 is 23.4 Å². The highest BCUT2D eigenvalue weighted by Gasteiger charge is 2.31. The van der Waals surface area contributed by atoms with Crippen LogP contribution in [0, 0.1) is 6.92 Å². The lowest BCUT2D eigenvalue weighted by Gasteiger charge is -2.22. The van der Waals surface area contributed by atoms with Crippen molar-refractivity contribution < 1.29 is 9.90 Å². The number of carboxylic acid groups (broad SMARTS) is 1. The summed E-state index contributed by atoms with van der Waals surface area (Å²) in [6, 6.07) is 7.99. The van der Waals surface area contributed by atoms with E-state index in [0.717, 1.165) is 18.0 Å². The molecule has 0 radical (unpaired) electrons. The van der Waals surface area contributed by atoms with Crippen molar-refractivity contribution in [2.24, 2.45) is 0 Å². The minimum atomic E-state index is -0.752. The van der Waals surface area contributed by atoms with Gasteiger partial charge in [-0.25, -0.2) is 4.79 Å². The quantitative estimate of drug-likeness (QED) is 0.832. The number of benzene rings is 1. The standard InChI is InChI=1S/C11H13NO2S/c1-8-2-4-9(5-3-8)12-6-7-15-10(12)11(13)14/h2-5,10H,6-7H2,1H3,(H,13,14). The van der Waals surface area contributed by atoms with Gasteiger partial charge in [0.15, 0.2) is 5.37 Å². The summed E-state index contributed by atoms with van der Waals surface area (Å²) in [4.78, 5) is 12.9. The molecule has 1 unspecified atom stereocenters. The van der Waals surface area contributed by atoms with E-state index >= 15 is 0 Å². The number of anilines is 1. The molecule has 1 atom stereocenters. The van der Waals surface area contributed by atoms with Crippen LogP contribution in [0.25, 0.3) is 0 Å². The van der Waals surface area contributed by atoms with Gasteiger partial charge in [0.25, 0.3) is 0 Å². The summed E-state index contributed by atoms with van der Waals surface area (Å²) in [7, 11) is 0. The van der Waals surface area contributed by atoms with Gasteiger partial charge in [-0.1, -0.05) is 17.7 Å². The van der Waals surface area contributed by atoms with Gasteiger partial charge in [0, 0.05) is 18.0 Å². The number of aliphatic carboxylic acids is 1. The van der Waals surface area contributed by atoms with Gasteiger partial charge in [-0.15, -0.1) is 11.8 Å². The van der Waals surface area contributed by atoms with Gasteiger partial charge in [-0.2, -0.15) is 0 Å². The Bertz CT molecular complexity index is 363. The molecule has 0 aliphatic carbocycles. The van der Waals surface area contributed by atoms with E-state index in [2.05, 4.69) is 0 Å². The molecule has 0 amide bonds. The Kier molecular flexibility index (Phi) is 2.86. The highest BCUT2D eigenvalue weighted by Crippen LogP contribution is 2.29. The lowest BCUT2D eigenvalue weighted by atomic mass is 10.2. The van der Waals surface area contributed by atoms with Crippen LogP contribution >= 0.6 is 11.8 Å². The largest absolute Gasteiger partial charge is 0.479 e. The first-order valence-corrected chi connectivity index (χ1v) is 5.91. The van der Waals surface area contributed by atoms with Crippen LogP contribution in [-0.4, -0.2) is 28.7 Å². The molecule has 80 valence electrons. The van der Waals surface area contributed by atoms with E-state index in [0.29, 0.717) is 0 Å². The Morgan fingerprint density at radius 1 is 1.47 bits per heavy atom. The molecule has 0 bridgehead atoms. The second kappa shape index (κ2) is 4.14. The average molecular weight is 223 g/mol. The maximum atomic E-state index is 11.0. The van der Waals surface area contributed by atoms with Crippen molar-refractivity contribution in [1.29, 1.82) is 0 Å². The average Bonchev–Trinajstić information content (AvgIpc) is 2.67. The van der Waals surface area contributed by atoms with E-state index in [1.165, 1.54) is 17.3 Å². The molecule has 1 aliphatic rings. The molecule has 1 heterocycles. The zero-order valence-electron chi connectivity index (χ0n) is 8.51. The fourth-order valence-electron chi connectivity index (χ4n) is 1.68. The van der Waals surface area contributed by atoms with Gasteiger partial charge in [0.2, 0.25) is 0 Å². The van der Waals surface area contributed by atoms with E-state index in [1.807, 2.05) is 36.1 Å². The van der Waals surface area contributed by atoms with Gasteiger partial charge >= 0.3 is 5.97 Å². The molecule has 2 rings (SSSR count). The maximum absolute atomic E-state index is 11.0. The summed E-state index contributed by atoms with van der Waals surface area (Å²) < 4.78 is 0. The molecule has 0 aromatic heterocycles. The zero-order valence-corrected chi connectivity index (χ0v) is 9.33. The Morgan fingerprint density at radius 2 is 2.13 bits per heavy atom. The first-order valence-electron chi connectivity index (χ1n) is 4.86. The van der Waals surface area contributed by atoms with E-state index in [4.69, 9.17) is 5.11 Å². The molecule has 1 aromatic carbocycles. The normalized spacial score (nSPS) is 20.6. The summed E-state index contributed by atoms with van der Waals surface area (Å²) >= 11 is 1.48. The lowest BCUT2D eigenvalue weighted by molar-refractivity contribution is -0.136. The SMILES string of the molecule is Cc1ccc(N2CCSC2C(=O)O)cc1. The fraction of sp³-hybridized carbons (Fsp3) is 0.364. The molecule has 0 spiro atoms. The topological polar surface area (TPSA) is 40.5 Å². The van der Waals surface area contributed by atoms with Crippen molar-refractivity contribution in [3.63, 3.8) is 0 Å². The van der Waals surface area contributed by atoms with Crippen LogP contribution in [0.4, 0.5) is 5.69 Å². The summed E-state index contributed by atoms with van der Waals surface area (Å²) in [5, 5.41) is 8.61. The summed E-state index contributed by atoms with van der Waals surface area (Å²) in [5.74, 6) is 0.128. The second-order valence-corrected chi connectivity index (χ2v) is 4.78. The smallest absolute Gasteiger partial charge is 0.336 e. The predicted molar refractivity (Wildman–Crippen MR) is 62.4 cm³/mol. The summed E-state index contributed by atoms with van der Waals surface area (Å²) in [6.45, 7) is 2.84. The molecule has 0 saturated carbocycles. The number of rotatable bonds is 2. The third kappa shape index (κ3) is 2.09.